The summed E-state index contributed by atoms with van der Waals surface area (Å²) in [5, 5.41) is 22.2. The molecule has 2 fully saturated rings. The van der Waals surface area contributed by atoms with E-state index in [0.29, 0.717) is 6.54 Å². The number of hydrogen-bond acceptors (Lipinski definition) is 6. The van der Waals surface area contributed by atoms with E-state index in [1.54, 1.807) is 11.3 Å². The lowest BCUT2D eigenvalue weighted by atomic mass is 10.1. The number of nitrogens with one attached hydrogen (secondary N) is 2. The Morgan fingerprint density at radius 2 is 2.14 bits per heavy atom. The van der Waals surface area contributed by atoms with Gasteiger partial charge in [0.2, 0.25) is 0 Å². The Bertz CT molecular complexity index is 682. The molecule has 4 N–H and O–H groups in total. The second-order valence-electron chi connectivity index (χ2n) is 7.03. The van der Waals surface area contributed by atoms with E-state index in [1.807, 2.05) is 11.7 Å². The maximum absolute atomic E-state index is 10.0. The van der Waals surface area contributed by atoms with Crippen LogP contribution in [0.2, 0.25) is 0 Å². The number of amides is 1. The van der Waals surface area contributed by atoms with E-state index in [1.165, 1.54) is 16.0 Å². The van der Waals surface area contributed by atoms with Crippen molar-refractivity contribution >= 4 is 17.4 Å². The van der Waals surface area contributed by atoms with Crippen molar-refractivity contribution in [3.8, 4) is 10.4 Å². The highest BCUT2D eigenvalue weighted by Gasteiger charge is 2.14. The Labute approximate surface area is 176 Å². The van der Waals surface area contributed by atoms with Crippen LogP contribution in [0, 0.1) is 6.92 Å². The van der Waals surface area contributed by atoms with Crippen LogP contribution in [0.5, 0.6) is 0 Å². The lowest BCUT2D eigenvalue weighted by molar-refractivity contribution is 0.104. The molecule has 0 aliphatic carbocycles. The Kier molecular flexibility index (Phi) is 10.6. The third-order valence-corrected chi connectivity index (χ3v) is 5.39. The highest BCUT2D eigenvalue weighted by Crippen LogP contribution is 2.22. The first kappa shape index (κ1) is 23.3. The minimum Gasteiger partial charge on any atom is -0.465 e. The van der Waals surface area contributed by atoms with Crippen molar-refractivity contribution in [3.05, 3.63) is 41.5 Å². The van der Waals surface area contributed by atoms with Gasteiger partial charge in [-0.3, -0.25) is 4.98 Å². The van der Waals surface area contributed by atoms with Gasteiger partial charge in [-0.05, 0) is 44.7 Å². The summed E-state index contributed by atoms with van der Waals surface area (Å²) >= 11 is 1.67. The largest absolute Gasteiger partial charge is 0.465 e. The number of aliphatic hydroxyl groups excluding tert-OH is 1. The predicted molar refractivity (Wildman–Crippen MR) is 115 cm³/mol. The zero-order chi connectivity index (χ0) is 20.9. The number of thiazole rings is 1. The van der Waals surface area contributed by atoms with Crippen molar-refractivity contribution < 1.29 is 19.7 Å². The summed E-state index contributed by atoms with van der Waals surface area (Å²) in [4.78, 5) is 15.3. The van der Waals surface area contributed by atoms with E-state index in [0.717, 1.165) is 45.4 Å². The number of carboxylic acid groups (broad SMARTS) is 1. The number of aliphatic hydroxyl groups is 1. The number of benzene rings is 1. The summed E-state index contributed by atoms with van der Waals surface area (Å²) in [6, 6.07) is 8.50. The van der Waals surface area contributed by atoms with Crippen LogP contribution < -0.4 is 10.6 Å². The molecule has 0 radical (unpaired) electrons. The molecule has 2 aliphatic rings. The van der Waals surface area contributed by atoms with Gasteiger partial charge in [-0.2, -0.15) is 0 Å². The van der Waals surface area contributed by atoms with Gasteiger partial charge in [0, 0.05) is 25.9 Å². The second kappa shape index (κ2) is 13.3. The molecule has 1 aromatic heterocycles. The Balaban J connectivity index is 0.000000164. The maximum atomic E-state index is 10.0. The Morgan fingerprint density at radius 3 is 2.62 bits per heavy atom. The average Bonchev–Trinajstić information content (AvgIpc) is 3.47. The van der Waals surface area contributed by atoms with Gasteiger partial charge in [0.15, 0.2) is 0 Å². The average molecular weight is 422 g/mol. The fourth-order valence-electron chi connectivity index (χ4n) is 2.93. The molecule has 0 bridgehead atoms. The zero-order valence-electron chi connectivity index (χ0n) is 16.8. The van der Waals surface area contributed by atoms with Crippen LogP contribution in [-0.2, 0) is 4.74 Å². The highest BCUT2D eigenvalue weighted by molar-refractivity contribution is 7.13. The first-order valence-corrected chi connectivity index (χ1v) is 10.8. The minimum absolute atomic E-state index is 0.0648. The zero-order valence-corrected chi connectivity index (χ0v) is 17.7. The van der Waals surface area contributed by atoms with Gasteiger partial charge in [-0.25, -0.2) is 4.79 Å². The molecule has 1 amide bonds. The van der Waals surface area contributed by atoms with Gasteiger partial charge >= 0.3 is 6.09 Å². The molecular weight excluding hydrogens is 390 g/mol. The summed E-state index contributed by atoms with van der Waals surface area (Å²) in [5.74, 6) is 0. The number of hydrogen-bond donors (Lipinski definition) is 4. The maximum Gasteiger partial charge on any atom is 0.404 e. The summed E-state index contributed by atoms with van der Waals surface area (Å²) in [6.07, 6.45) is 5.07. The van der Waals surface area contributed by atoms with Crippen molar-refractivity contribution in [2.24, 2.45) is 0 Å². The number of aryl methyl sites for hydroxylation is 1. The molecule has 8 heteroatoms. The van der Waals surface area contributed by atoms with Gasteiger partial charge in [0.25, 0.3) is 0 Å². The summed E-state index contributed by atoms with van der Waals surface area (Å²) < 4.78 is 5.30. The number of nitrogens with zero attached hydrogens (tertiary/aromatic N) is 1. The van der Waals surface area contributed by atoms with Crippen molar-refractivity contribution in [2.45, 2.75) is 44.8 Å². The molecule has 0 spiro atoms. The van der Waals surface area contributed by atoms with E-state index in [-0.39, 0.29) is 12.2 Å². The molecule has 1 aromatic carbocycles. The second-order valence-corrected chi connectivity index (χ2v) is 7.92. The normalized spacial score (nSPS) is 20.2. The van der Waals surface area contributed by atoms with Crippen LogP contribution in [0.4, 0.5) is 4.79 Å². The molecule has 7 nitrogen and oxygen atoms in total. The standard InChI is InChI=1S/C10H9NS.C7H13NO3.C4H9NO/c1-8-2-4-9(5-3-8)10-6-11-7-12-10;9-7(10)8-4-3-6-2-1-5-11-6;6-4-1-2-5-3-4/h2-7H,1H3;6,8H,1-5H2,(H,9,10);4-6H,1-3H2. The monoisotopic (exact) mass is 421 g/mol. The summed E-state index contributed by atoms with van der Waals surface area (Å²) in [7, 11) is 0. The molecule has 29 heavy (non-hydrogen) atoms. The minimum atomic E-state index is -0.956. The Morgan fingerprint density at radius 1 is 1.34 bits per heavy atom. The van der Waals surface area contributed by atoms with Gasteiger partial charge in [0.1, 0.15) is 0 Å². The molecule has 4 rings (SSSR count). The molecule has 3 heterocycles. The first-order chi connectivity index (χ1) is 14.0. The first-order valence-electron chi connectivity index (χ1n) is 9.97. The summed E-state index contributed by atoms with van der Waals surface area (Å²) in [5.41, 5.74) is 4.40. The van der Waals surface area contributed by atoms with E-state index in [4.69, 9.17) is 14.9 Å². The number of carbonyl (C=O) groups is 1. The van der Waals surface area contributed by atoms with E-state index < -0.39 is 6.09 Å². The van der Waals surface area contributed by atoms with Crippen LogP contribution >= 0.6 is 11.3 Å². The third kappa shape index (κ3) is 9.85. The molecule has 2 aromatic rings. The summed E-state index contributed by atoms with van der Waals surface area (Å²) in [6.45, 7) is 5.20. The highest BCUT2D eigenvalue weighted by atomic mass is 32.1. The Hall–Kier alpha value is -2.00. The van der Waals surface area contributed by atoms with Crippen molar-refractivity contribution in [1.29, 1.82) is 0 Å². The molecule has 2 aliphatic heterocycles. The molecule has 2 unspecified atom stereocenters. The van der Waals surface area contributed by atoms with Gasteiger partial charge in [0.05, 0.1) is 22.6 Å². The number of rotatable bonds is 4. The van der Waals surface area contributed by atoms with Crippen molar-refractivity contribution in [3.63, 3.8) is 0 Å². The lowest BCUT2D eigenvalue weighted by Gasteiger charge is -2.07. The number of β-amino-alcohol motifs (C(OH)–C–C–N with tert-alkyl or cyclic N) is 1. The molecule has 2 saturated heterocycles. The van der Waals surface area contributed by atoms with Gasteiger partial charge in [-0.15, -0.1) is 11.3 Å². The molecular formula is C21H31N3O4S. The van der Waals surface area contributed by atoms with Crippen LogP contribution in [0.25, 0.3) is 10.4 Å². The van der Waals surface area contributed by atoms with Gasteiger partial charge in [-0.1, -0.05) is 29.8 Å². The quantitative estimate of drug-likeness (QED) is 0.604. The molecule has 160 valence electrons. The smallest absolute Gasteiger partial charge is 0.404 e. The van der Waals surface area contributed by atoms with Crippen LogP contribution in [0.15, 0.2) is 36.0 Å². The third-order valence-electron chi connectivity index (χ3n) is 4.57. The van der Waals surface area contributed by atoms with E-state index >= 15 is 0 Å². The molecule has 0 saturated carbocycles. The van der Waals surface area contributed by atoms with Crippen LogP contribution in [-0.4, -0.2) is 59.7 Å². The fraction of sp³-hybridized carbons (Fsp3) is 0.524. The van der Waals surface area contributed by atoms with Crippen LogP contribution in [0.3, 0.4) is 0 Å². The SMILES string of the molecule is Cc1ccc(-c2cncs2)cc1.O=C(O)NCCC1CCCO1.OC1CCNC1. The predicted octanol–water partition coefficient (Wildman–Crippen LogP) is 3.28. The number of aromatic nitrogens is 1. The topological polar surface area (TPSA) is 104 Å². The van der Waals surface area contributed by atoms with Crippen molar-refractivity contribution in [2.75, 3.05) is 26.2 Å². The van der Waals surface area contributed by atoms with E-state index in [2.05, 4.69) is 46.8 Å². The van der Waals surface area contributed by atoms with E-state index in [9.17, 15) is 4.79 Å². The lowest BCUT2D eigenvalue weighted by Crippen LogP contribution is -2.24. The number of ether oxygens (including phenoxy) is 1. The van der Waals surface area contributed by atoms with Gasteiger partial charge < -0.3 is 25.6 Å². The molecule has 2 atom stereocenters. The van der Waals surface area contributed by atoms with Crippen molar-refractivity contribution in [1.82, 2.24) is 15.6 Å². The fourth-order valence-corrected chi connectivity index (χ4v) is 3.56. The van der Waals surface area contributed by atoms with Crippen LogP contribution in [0.1, 0.15) is 31.2 Å².